The van der Waals surface area contributed by atoms with Crippen molar-refractivity contribution >= 4 is 0 Å². The van der Waals surface area contributed by atoms with Crippen LogP contribution in [0.5, 0.6) is 28.7 Å². The van der Waals surface area contributed by atoms with Crippen molar-refractivity contribution in [2.45, 2.75) is 6.92 Å². The van der Waals surface area contributed by atoms with E-state index in [1.807, 2.05) is 43.3 Å². The molecule has 0 atom stereocenters. The highest BCUT2D eigenvalue weighted by Gasteiger charge is 1.96. The lowest BCUT2D eigenvalue weighted by Crippen LogP contribution is -1.90. The number of benzene rings is 3. The average molecular weight is 324 g/mol. The van der Waals surface area contributed by atoms with Crippen LogP contribution >= 0.6 is 0 Å². The summed E-state index contributed by atoms with van der Waals surface area (Å²) in [6.07, 6.45) is 0. The molecule has 4 nitrogen and oxygen atoms in total. The second-order valence-electron chi connectivity index (χ2n) is 4.81. The number of aromatic hydroxyl groups is 2. The topological polar surface area (TPSA) is 58.9 Å². The highest BCUT2D eigenvalue weighted by molar-refractivity contribution is 5.37. The predicted octanol–water partition coefficient (Wildman–Crippen LogP) is 4.98. The van der Waals surface area contributed by atoms with E-state index in [1.54, 1.807) is 42.5 Å². The van der Waals surface area contributed by atoms with Crippen molar-refractivity contribution in [3.63, 3.8) is 0 Å². The lowest BCUT2D eigenvalue weighted by atomic mass is 10.3. The predicted molar refractivity (Wildman–Crippen MR) is 93.9 cm³/mol. The zero-order valence-corrected chi connectivity index (χ0v) is 13.4. The molecule has 3 aromatic rings. The van der Waals surface area contributed by atoms with Gasteiger partial charge in [0.1, 0.15) is 17.2 Å². The molecule has 0 aliphatic rings. The van der Waals surface area contributed by atoms with Gasteiger partial charge in [0, 0.05) is 0 Å². The van der Waals surface area contributed by atoms with Gasteiger partial charge < -0.3 is 19.7 Å². The van der Waals surface area contributed by atoms with Gasteiger partial charge in [0.25, 0.3) is 0 Å². The van der Waals surface area contributed by atoms with Crippen LogP contribution in [0.15, 0.2) is 78.9 Å². The quantitative estimate of drug-likeness (QED) is 0.711. The summed E-state index contributed by atoms with van der Waals surface area (Å²) >= 11 is 0. The van der Waals surface area contributed by atoms with E-state index in [1.165, 1.54) is 0 Å². The lowest BCUT2D eigenvalue weighted by Gasteiger charge is -2.04. The van der Waals surface area contributed by atoms with Gasteiger partial charge in [0.2, 0.25) is 0 Å². The largest absolute Gasteiger partial charge is 0.508 e. The SMILES string of the molecule is CCOc1ccccc1O.Oc1ccc(Oc2ccccc2)cc1. The Labute approximate surface area is 141 Å². The molecule has 0 spiro atoms. The minimum absolute atomic E-state index is 0.198. The molecular formula is C20H20O4. The summed E-state index contributed by atoms with van der Waals surface area (Å²) in [5.74, 6) is 2.49. The number of rotatable bonds is 4. The molecule has 0 heterocycles. The molecular weight excluding hydrogens is 304 g/mol. The molecule has 0 aliphatic heterocycles. The fraction of sp³-hybridized carbons (Fsp3) is 0.100. The second kappa shape index (κ2) is 9.10. The number of phenolic OH excluding ortho intramolecular Hbond substituents is 2. The smallest absolute Gasteiger partial charge is 0.160 e. The fourth-order valence-electron chi connectivity index (χ4n) is 1.87. The monoisotopic (exact) mass is 324 g/mol. The first-order chi connectivity index (χ1) is 11.7. The Bertz CT molecular complexity index is 724. The summed E-state index contributed by atoms with van der Waals surface area (Å²) < 4.78 is 10.6. The fourth-order valence-corrected chi connectivity index (χ4v) is 1.87. The van der Waals surface area contributed by atoms with Crippen molar-refractivity contribution in [3.05, 3.63) is 78.9 Å². The summed E-state index contributed by atoms with van der Waals surface area (Å²) in [5, 5.41) is 18.2. The molecule has 124 valence electrons. The van der Waals surface area contributed by atoms with E-state index < -0.39 is 0 Å². The zero-order chi connectivity index (χ0) is 17.2. The van der Waals surface area contributed by atoms with E-state index in [2.05, 4.69) is 0 Å². The minimum Gasteiger partial charge on any atom is -0.508 e. The van der Waals surface area contributed by atoms with Crippen LogP contribution < -0.4 is 9.47 Å². The minimum atomic E-state index is 0.198. The molecule has 3 rings (SSSR count). The Balaban J connectivity index is 0.000000185. The molecule has 0 radical (unpaired) electrons. The molecule has 0 bridgehead atoms. The highest BCUT2D eigenvalue weighted by atomic mass is 16.5. The van der Waals surface area contributed by atoms with E-state index in [0.717, 1.165) is 5.75 Å². The number of phenols is 2. The van der Waals surface area contributed by atoms with Gasteiger partial charge in [-0.25, -0.2) is 0 Å². The normalized spacial score (nSPS) is 9.54. The Morgan fingerprint density at radius 2 is 1.29 bits per heavy atom. The first kappa shape index (κ1) is 17.2. The van der Waals surface area contributed by atoms with Crippen LogP contribution in [-0.4, -0.2) is 16.8 Å². The lowest BCUT2D eigenvalue weighted by molar-refractivity contribution is 0.318. The van der Waals surface area contributed by atoms with Crippen molar-refractivity contribution in [1.29, 1.82) is 0 Å². The van der Waals surface area contributed by atoms with E-state index in [0.29, 0.717) is 18.1 Å². The first-order valence-corrected chi connectivity index (χ1v) is 7.61. The third kappa shape index (κ3) is 5.57. The van der Waals surface area contributed by atoms with Crippen LogP contribution in [0.4, 0.5) is 0 Å². The number of hydrogen-bond acceptors (Lipinski definition) is 4. The van der Waals surface area contributed by atoms with Crippen LogP contribution in [0, 0.1) is 0 Å². The van der Waals surface area contributed by atoms with Crippen molar-refractivity contribution in [1.82, 2.24) is 0 Å². The maximum atomic E-state index is 9.12. The van der Waals surface area contributed by atoms with Crippen molar-refractivity contribution in [3.8, 4) is 28.7 Å². The third-order valence-electron chi connectivity index (χ3n) is 2.98. The standard InChI is InChI=1S/C12H10O2.C8H10O2/c13-10-6-8-12(9-7-10)14-11-4-2-1-3-5-11;1-2-10-8-6-4-3-5-7(8)9/h1-9,13H;3-6,9H,2H2,1H3. The van der Waals surface area contributed by atoms with Gasteiger partial charge in [-0.05, 0) is 55.5 Å². The third-order valence-corrected chi connectivity index (χ3v) is 2.98. The second-order valence-corrected chi connectivity index (χ2v) is 4.81. The molecule has 0 aliphatic carbocycles. The number of hydrogen-bond donors (Lipinski definition) is 2. The number of para-hydroxylation sites is 3. The first-order valence-electron chi connectivity index (χ1n) is 7.61. The highest BCUT2D eigenvalue weighted by Crippen LogP contribution is 2.24. The molecule has 0 aromatic heterocycles. The molecule has 0 saturated carbocycles. The van der Waals surface area contributed by atoms with E-state index in [9.17, 15) is 0 Å². The van der Waals surface area contributed by atoms with Gasteiger partial charge in [-0.3, -0.25) is 0 Å². The van der Waals surface area contributed by atoms with Crippen LogP contribution in [0.25, 0.3) is 0 Å². The van der Waals surface area contributed by atoms with Crippen LogP contribution in [0.3, 0.4) is 0 Å². The number of ether oxygens (including phenoxy) is 2. The molecule has 3 aromatic carbocycles. The van der Waals surface area contributed by atoms with Gasteiger partial charge >= 0.3 is 0 Å². The van der Waals surface area contributed by atoms with Gasteiger partial charge in [0.05, 0.1) is 6.61 Å². The van der Waals surface area contributed by atoms with Crippen molar-refractivity contribution < 1.29 is 19.7 Å². The Morgan fingerprint density at radius 1 is 0.708 bits per heavy atom. The van der Waals surface area contributed by atoms with E-state index in [-0.39, 0.29) is 11.5 Å². The maximum absolute atomic E-state index is 9.12. The average Bonchev–Trinajstić information content (AvgIpc) is 2.61. The molecule has 2 N–H and O–H groups in total. The van der Waals surface area contributed by atoms with Gasteiger partial charge in [0.15, 0.2) is 11.5 Å². The van der Waals surface area contributed by atoms with E-state index >= 15 is 0 Å². The maximum Gasteiger partial charge on any atom is 0.160 e. The van der Waals surface area contributed by atoms with Crippen molar-refractivity contribution in [2.75, 3.05) is 6.61 Å². The Hall–Kier alpha value is -3.14. The van der Waals surface area contributed by atoms with Gasteiger partial charge in [-0.15, -0.1) is 0 Å². The van der Waals surface area contributed by atoms with Crippen molar-refractivity contribution in [2.24, 2.45) is 0 Å². The molecule has 24 heavy (non-hydrogen) atoms. The Morgan fingerprint density at radius 3 is 1.92 bits per heavy atom. The summed E-state index contributed by atoms with van der Waals surface area (Å²) in [6.45, 7) is 2.46. The van der Waals surface area contributed by atoms with Gasteiger partial charge in [-0.1, -0.05) is 30.3 Å². The molecule has 0 saturated heterocycles. The summed E-state index contributed by atoms with van der Waals surface area (Å²) in [4.78, 5) is 0. The summed E-state index contributed by atoms with van der Waals surface area (Å²) in [6, 6.07) is 23.1. The Kier molecular flexibility index (Phi) is 6.53. The van der Waals surface area contributed by atoms with Crippen LogP contribution in [0.2, 0.25) is 0 Å². The molecule has 0 unspecified atom stereocenters. The molecule has 0 fully saturated rings. The molecule has 4 heteroatoms. The van der Waals surface area contributed by atoms with Gasteiger partial charge in [-0.2, -0.15) is 0 Å². The summed E-state index contributed by atoms with van der Waals surface area (Å²) in [7, 11) is 0. The van der Waals surface area contributed by atoms with Crippen LogP contribution in [0.1, 0.15) is 6.92 Å². The van der Waals surface area contributed by atoms with Crippen LogP contribution in [-0.2, 0) is 0 Å². The summed E-state index contributed by atoms with van der Waals surface area (Å²) in [5.41, 5.74) is 0. The van der Waals surface area contributed by atoms with E-state index in [4.69, 9.17) is 19.7 Å². The zero-order valence-electron chi connectivity index (χ0n) is 13.4. The molecule has 0 amide bonds.